The van der Waals surface area contributed by atoms with Crippen LogP contribution in [-0.2, 0) is 16.1 Å². The fourth-order valence-corrected chi connectivity index (χ4v) is 4.27. The van der Waals surface area contributed by atoms with Crippen LogP contribution in [0.3, 0.4) is 0 Å². The molecule has 1 N–H and O–H groups in total. The highest BCUT2D eigenvalue weighted by Crippen LogP contribution is 2.29. The van der Waals surface area contributed by atoms with E-state index in [1.807, 2.05) is 36.9 Å². The third-order valence-corrected chi connectivity index (χ3v) is 6.27. The van der Waals surface area contributed by atoms with E-state index in [2.05, 4.69) is 11.4 Å². The van der Waals surface area contributed by atoms with Gasteiger partial charge < -0.3 is 29.2 Å². The molecule has 0 aliphatic carbocycles. The summed E-state index contributed by atoms with van der Waals surface area (Å²) in [5.41, 5.74) is 2.14. The van der Waals surface area contributed by atoms with E-state index in [1.54, 1.807) is 38.5 Å². The van der Waals surface area contributed by atoms with Crippen LogP contribution >= 0.6 is 0 Å². The first-order valence-electron chi connectivity index (χ1n) is 12.4. The quantitative estimate of drug-likeness (QED) is 0.424. The lowest BCUT2D eigenvalue weighted by molar-refractivity contribution is 0.0129. The minimum atomic E-state index is -0.0539. The number of nitrogens with one attached hydrogen (secondary N) is 1. The molecular formula is C28H37N3O5. The zero-order chi connectivity index (χ0) is 25.9. The van der Waals surface area contributed by atoms with Crippen molar-refractivity contribution in [3.8, 4) is 17.6 Å². The Hall–Kier alpha value is -3.12. The summed E-state index contributed by atoms with van der Waals surface area (Å²) >= 11 is 0. The summed E-state index contributed by atoms with van der Waals surface area (Å²) < 4.78 is 22.6. The molecule has 3 rings (SSSR count). The second kappa shape index (κ2) is 13.8. The van der Waals surface area contributed by atoms with Crippen molar-refractivity contribution in [2.75, 3.05) is 47.1 Å². The number of methoxy groups -OCH3 is 2. The SMILES string of the molecule is COCCCOc1cc(C(=O)N(C[C@@H]2CNC[C@@H]2OCc2cccc(C#N)c2)C(C)C)ccc1OC. The summed E-state index contributed by atoms with van der Waals surface area (Å²) in [4.78, 5) is 15.5. The first kappa shape index (κ1) is 27.5. The highest BCUT2D eigenvalue weighted by atomic mass is 16.5. The van der Waals surface area contributed by atoms with Gasteiger partial charge in [0.2, 0.25) is 0 Å². The maximum absolute atomic E-state index is 13.6. The third kappa shape index (κ3) is 7.44. The van der Waals surface area contributed by atoms with Crippen LogP contribution in [0.25, 0.3) is 0 Å². The van der Waals surface area contributed by atoms with E-state index in [4.69, 9.17) is 24.2 Å². The zero-order valence-corrected chi connectivity index (χ0v) is 21.7. The molecule has 8 heteroatoms. The Morgan fingerprint density at radius 2 is 1.97 bits per heavy atom. The van der Waals surface area contributed by atoms with Gasteiger partial charge in [-0.05, 0) is 49.7 Å². The Kier molecular flexibility index (Phi) is 10.6. The predicted molar refractivity (Wildman–Crippen MR) is 137 cm³/mol. The van der Waals surface area contributed by atoms with Crippen molar-refractivity contribution in [3.63, 3.8) is 0 Å². The number of ether oxygens (including phenoxy) is 4. The molecular weight excluding hydrogens is 458 g/mol. The molecule has 8 nitrogen and oxygen atoms in total. The molecule has 2 atom stereocenters. The van der Waals surface area contributed by atoms with E-state index in [1.165, 1.54) is 0 Å². The lowest BCUT2D eigenvalue weighted by atomic mass is 10.0. The molecule has 0 spiro atoms. The van der Waals surface area contributed by atoms with Crippen LogP contribution < -0.4 is 14.8 Å². The first-order valence-corrected chi connectivity index (χ1v) is 12.4. The normalized spacial score (nSPS) is 17.1. The summed E-state index contributed by atoms with van der Waals surface area (Å²) in [6, 6.07) is 14.9. The van der Waals surface area contributed by atoms with Crippen LogP contribution in [0.15, 0.2) is 42.5 Å². The van der Waals surface area contributed by atoms with Crippen molar-refractivity contribution in [2.45, 2.75) is 39.0 Å². The highest BCUT2D eigenvalue weighted by molar-refractivity contribution is 5.95. The molecule has 0 bridgehead atoms. The van der Waals surface area contributed by atoms with Gasteiger partial charge >= 0.3 is 0 Å². The van der Waals surface area contributed by atoms with Crippen LogP contribution in [0, 0.1) is 17.2 Å². The van der Waals surface area contributed by atoms with Crippen LogP contribution in [0.1, 0.15) is 41.8 Å². The average Bonchev–Trinajstić information content (AvgIpc) is 3.35. The lowest BCUT2D eigenvalue weighted by Crippen LogP contribution is -2.43. The van der Waals surface area contributed by atoms with Gasteiger partial charge in [0.15, 0.2) is 11.5 Å². The third-order valence-electron chi connectivity index (χ3n) is 6.27. The molecule has 2 aromatic rings. The monoisotopic (exact) mass is 495 g/mol. The van der Waals surface area contributed by atoms with Crippen molar-refractivity contribution in [1.82, 2.24) is 10.2 Å². The number of rotatable bonds is 13. The summed E-state index contributed by atoms with van der Waals surface area (Å²) in [6.45, 7) is 7.62. The minimum absolute atomic E-state index is 0.0132. The summed E-state index contributed by atoms with van der Waals surface area (Å²) in [5.74, 6) is 1.24. The molecule has 1 amide bonds. The summed E-state index contributed by atoms with van der Waals surface area (Å²) in [5, 5.41) is 12.5. The number of benzene rings is 2. The van der Waals surface area contributed by atoms with E-state index in [0.717, 1.165) is 25.1 Å². The number of carbonyl (C=O) groups is 1. The summed E-state index contributed by atoms with van der Waals surface area (Å²) in [7, 11) is 3.24. The Morgan fingerprint density at radius 1 is 1.14 bits per heavy atom. The van der Waals surface area contributed by atoms with Gasteiger partial charge in [0.05, 0.1) is 38.1 Å². The standard InChI is InChI=1S/C28H37N3O5/c1-20(2)31(28(32)23-9-10-25(34-4)26(14-23)35-12-6-11-33-3)18-24-16-30-17-27(24)36-19-22-8-5-7-21(13-22)15-29/h5,7-10,13-14,20,24,27,30H,6,11-12,16-19H2,1-4H3/t24-,27-/m0/s1. The number of hydrogen-bond acceptors (Lipinski definition) is 7. The van der Waals surface area contributed by atoms with Crippen molar-refractivity contribution >= 4 is 5.91 Å². The second-order valence-electron chi connectivity index (χ2n) is 9.19. The van der Waals surface area contributed by atoms with Gasteiger partial charge in [0.25, 0.3) is 5.91 Å². The molecule has 0 aromatic heterocycles. The van der Waals surface area contributed by atoms with Gasteiger partial charge in [-0.1, -0.05) is 12.1 Å². The van der Waals surface area contributed by atoms with Crippen LogP contribution in [0.5, 0.6) is 11.5 Å². The molecule has 1 saturated heterocycles. The van der Waals surface area contributed by atoms with Crippen molar-refractivity contribution in [1.29, 1.82) is 5.26 Å². The molecule has 1 fully saturated rings. The number of nitriles is 1. The van der Waals surface area contributed by atoms with Gasteiger partial charge in [-0.2, -0.15) is 5.26 Å². The minimum Gasteiger partial charge on any atom is -0.493 e. The molecule has 0 unspecified atom stereocenters. The Morgan fingerprint density at radius 3 is 2.69 bits per heavy atom. The van der Waals surface area contributed by atoms with Crippen LogP contribution in [0.4, 0.5) is 0 Å². The van der Waals surface area contributed by atoms with Gasteiger partial charge in [0.1, 0.15) is 0 Å². The van der Waals surface area contributed by atoms with Crippen molar-refractivity contribution in [2.24, 2.45) is 5.92 Å². The van der Waals surface area contributed by atoms with E-state index in [0.29, 0.717) is 49.0 Å². The van der Waals surface area contributed by atoms with Crippen LogP contribution in [0.2, 0.25) is 0 Å². The highest BCUT2D eigenvalue weighted by Gasteiger charge is 2.32. The maximum atomic E-state index is 13.6. The lowest BCUT2D eigenvalue weighted by Gasteiger charge is -2.31. The van der Waals surface area contributed by atoms with E-state index < -0.39 is 0 Å². The number of nitrogens with zero attached hydrogens (tertiary/aromatic N) is 2. The van der Waals surface area contributed by atoms with Gasteiger partial charge in [-0.25, -0.2) is 0 Å². The topological polar surface area (TPSA) is 93.0 Å². The molecule has 194 valence electrons. The smallest absolute Gasteiger partial charge is 0.254 e. The molecule has 0 saturated carbocycles. The van der Waals surface area contributed by atoms with E-state index >= 15 is 0 Å². The van der Waals surface area contributed by atoms with Crippen molar-refractivity contribution < 1.29 is 23.7 Å². The molecule has 1 aliphatic rings. The molecule has 0 radical (unpaired) electrons. The Balaban J connectivity index is 1.67. The van der Waals surface area contributed by atoms with Gasteiger partial charge in [-0.15, -0.1) is 0 Å². The van der Waals surface area contributed by atoms with Gasteiger partial charge in [0, 0.05) is 57.3 Å². The second-order valence-corrected chi connectivity index (χ2v) is 9.19. The number of amides is 1. The summed E-state index contributed by atoms with van der Waals surface area (Å²) in [6.07, 6.45) is 0.715. The maximum Gasteiger partial charge on any atom is 0.254 e. The van der Waals surface area contributed by atoms with Crippen LogP contribution in [-0.4, -0.2) is 70.0 Å². The Labute approximate surface area is 214 Å². The average molecular weight is 496 g/mol. The Bertz CT molecular complexity index is 1040. The first-order chi connectivity index (χ1) is 17.5. The number of hydrogen-bond donors (Lipinski definition) is 1. The van der Waals surface area contributed by atoms with Crippen molar-refractivity contribution in [3.05, 3.63) is 59.2 Å². The fourth-order valence-electron chi connectivity index (χ4n) is 4.27. The molecule has 1 heterocycles. The molecule has 1 aliphatic heterocycles. The zero-order valence-electron chi connectivity index (χ0n) is 21.7. The number of carbonyl (C=O) groups excluding carboxylic acids is 1. The van der Waals surface area contributed by atoms with Gasteiger partial charge in [-0.3, -0.25) is 4.79 Å². The molecule has 36 heavy (non-hydrogen) atoms. The largest absolute Gasteiger partial charge is 0.493 e. The van der Waals surface area contributed by atoms with E-state index in [9.17, 15) is 4.79 Å². The molecule has 2 aromatic carbocycles. The van der Waals surface area contributed by atoms with E-state index in [-0.39, 0.29) is 24.0 Å². The fraction of sp³-hybridized carbons (Fsp3) is 0.500. The predicted octanol–water partition coefficient (Wildman–Crippen LogP) is 3.64.